The lowest BCUT2D eigenvalue weighted by atomic mass is 10.2. The van der Waals surface area contributed by atoms with Gasteiger partial charge in [-0.25, -0.2) is 17.8 Å². The zero-order valence-corrected chi connectivity index (χ0v) is 15.4. The molecule has 0 aliphatic rings. The smallest absolute Gasteiger partial charge is 0.309 e. The average Bonchev–Trinajstić information content (AvgIpc) is 2.56. The van der Waals surface area contributed by atoms with E-state index in [1.807, 2.05) is 0 Å². The zero-order chi connectivity index (χ0) is 20.6. The molecule has 1 aromatic heterocycles. The number of sulfone groups is 1. The van der Waals surface area contributed by atoms with Gasteiger partial charge in [-0.3, -0.25) is 4.79 Å². The first-order valence-corrected chi connectivity index (χ1v) is 9.11. The van der Waals surface area contributed by atoms with Crippen molar-refractivity contribution in [2.24, 2.45) is 0 Å². The highest BCUT2D eigenvalue weighted by Crippen LogP contribution is 2.30. The quantitative estimate of drug-likeness (QED) is 0.788. The van der Waals surface area contributed by atoms with Crippen molar-refractivity contribution in [3.05, 3.63) is 53.5 Å². The number of amides is 1. The van der Waals surface area contributed by atoms with Gasteiger partial charge in [0.1, 0.15) is 22.1 Å². The molecule has 0 unspecified atom stereocenters. The number of pyridine rings is 1. The number of carbonyl (C=O) groups is 1. The van der Waals surface area contributed by atoms with E-state index in [4.69, 9.17) is 0 Å². The Morgan fingerprint density at radius 1 is 1.11 bits per heavy atom. The maximum Gasteiger partial charge on any atom is 0.433 e. The summed E-state index contributed by atoms with van der Waals surface area (Å²) in [6.45, 7) is 3.59. The summed E-state index contributed by atoms with van der Waals surface area (Å²) in [6.07, 6.45) is -4.72. The molecule has 146 valence electrons. The summed E-state index contributed by atoms with van der Waals surface area (Å²) in [5.41, 5.74) is -1.01. The highest BCUT2D eigenvalue weighted by molar-refractivity contribution is 7.93. The third-order valence-electron chi connectivity index (χ3n) is 3.95. The Kier molecular flexibility index (Phi) is 5.33. The fourth-order valence-electron chi connectivity index (χ4n) is 2.09. The topological polar surface area (TPSA) is 76.1 Å². The Balaban J connectivity index is 2.35. The average molecular weight is 404 g/mol. The molecule has 0 bridgehead atoms. The number of carbonyl (C=O) groups excluding carboxylic acids is 1. The molecule has 0 spiro atoms. The summed E-state index contributed by atoms with van der Waals surface area (Å²) in [5, 5.41) is 2.07. The van der Waals surface area contributed by atoms with Crippen LogP contribution in [0.15, 0.2) is 41.3 Å². The number of benzene rings is 1. The molecule has 1 aromatic carbocycles. The van der Waals surface area contributed by atoms with E-state index in [2.05, 4.69) is 10.3 Å². The SMILES string of the molecule is Cc1ccc(S(=O)(=O)C(C)(C)C(=O)Nc2cccc(C(F)(F)F)n2)cc1F. The lowest BCUT2D eigenvalue weighted by Gasteiger charge is -2.24. The summed E-state index contributed by atoms with van der Waals surface area (Å²) < 4.78 is 75.3. The minimum atomic E-state index is -4.72. The number of nitrogens with zero attached hydrogens (tertiary/aromatic N) is 1. The van der Waals surface area contributed by atoms with Crippen molar-refractivity contribution in [3.63, 3.8) is 0 Å². The monoisotopic (exact) mass is 404 g/mol. The Bertz CT molecular complexity index is 986. The van der Waals surface area contributed by atoms with Gasteiger partial charge in [-0.1, -0.05) is 12.1 Å². The molecular formula is C17H16F4N2O3S. The first-order chi connectivity index (χ1) is 12.3. The molecule has 0 saturated heterocycles. The van der Waals surface area contributed by atoms with Gasteiger partial charge in [0.05, 0.1) is 4.90 Å². The van der Waals surface area contributed by atoms with Crippen molar-refractivity contribution in [3.8, 4) is 0 Å². The molecule has 27 heavy (non-hydrogen) atoms. The predicted molar refractivity (Wildman–Crippen MR) is 90.3 cm³/mol. The van der Waals surface area contributed by atoms with E-state index in [0.29, 0.717) is 6.07 Å². The van der Waals surface area contributed by atoms with Gasteiger partial charge in [-0.15, -0.1) is 0 Å². The van der Waals surface area contributed by atoms with Gasteiger partial charge < -0.3 is 5.32 Å². The lowest BCUT2D eigenvalue weighted by molar-refractivity contribution is -0.141. The van der Waals surface area contributed by atoms with Crippen molar-refractivity contribution in [2.45, 2.75) is 36.6 Å². The van der Waals surface area contributed by atoms with Crippen molar-refractivity contribution >= 4 is 21.6 Å². The number of halogens is 4. The Morgan fingerprint density at radius 2 is 1.74 bits per heavy atom. The highest BCUT2D eigenvalue weighted by Gasteiger charge is 2.43. The van der Waals surface area contributed by atoms with Crippen molar-refractivity contribution in [1.82, 2.24) is 4.98 Å². The van der Waals surface area contributed by atoms with Crippen LogP contribution in [0.4, 0.5) is 23.4 Å². The van der Waals surface area contributed by atoms with Crippen LogP contribution in [0.3, 0.4) is 0 Å². The van der Waals surface area contributed by atoms with Gasteiger partial charge in [-0.2, -0.15) is 13.2 Å². The van der Waals surface area contributed by atoms with Crippen LogP contribution in [0, 0.1) is 12.7 Å². The van der Waals surface area contributed by atoms with Gasteiger partial charge in [0, 0.05) is 0 Å². The van der Waals surface area contributed by atoms with E-state index in [9.17, 15) is 30.8 Å². The third kappa shape index (κ3) is 4.10. The molecular weight excluding hydrogens is 388 g/mol. The molecule has 0 aliphatic carbocycles. The molecule has 0 radical (unpaired) electrons. The molecule has 0 atom stereocenters. The van der Waals surface area contributed by atoms with E-state index < -0.39 is 48.9 Å². The second kappa shape index (κ2) is 6.91. The minimum absolute atomic E-state index is 0.226. The summed E-state index contributed by atoms with van der Waals surface area (Å²) in [7, 11) is -4.34. The number of hydrogen-bond donors (Lipinski definition) is 1. The van der Waals surface area contributed by atoms with Crippen LogP contribution < -0.4 is 5.32 Å². The summed E-state index contributed by atoms with van der Waals surface area (Å²) in [6, 6.07) is 6.05. The standard InChI is InChI=1S/C17H16F4N2O3S/c1-10-7-8-11(9-12(10)18)27(25,26)16(2,3)15(24)23-14-6-4-5-13(22-14)17(19,20)21/h4-9H,1-3H3,(H,22,23,24). The zero-order valence-electron chi connectivity index (χ0n) is 14.6. The minimum Gasteiger partial charge on any atom is -0.309 e. The first kappa shape index (κ1) is 20.8. The molecule has 0 fully saturated rings. The molecule has 10 heteroatoms. The number of nitrogens with one attached hydrogen (secondary N) is 1. The van der Waals surface area contributed by atoms with Gasteiger partial charge in [-0.05, 0) is 50.6 Å². The molecule has 0 aliphatic heterocycles. The van der Waals surface area contributed by atoms with Crippen LogP contribution in [0.1, 0.15) is 25.1 Å². The van der Waals surface area contributed by atoms with Crippen LogP contribution >= 0.6 is 0 Å². The number of hydrogen-bond acceptors (Lipinski definition) is 4. The Morgan fingerprint density at radius 3 is 2.30 bits per heavy atom. The largest absolute Gasteiger partial charge is 0.433 e. The molecule has 2 rings (SSSR count). The van der Waals surface area contributed by atoms with Crippen LogP contribution in [-0.2, 0) is 20.8 Å². The molecule has 0 saturated carbocycles. The number of alkyl halides is 3. The highest BCUT2D eigenvalue weighted by atomic mass is 32.2. The van der Waals surface area contributed by atoms with Crippen LogP contribution in [0.2, 0.25) is 0 Å². The van der Waals surface area contributed by atoms with E-state index in [1.165, 1.54) is 13.0 Å². The summed E-state index contributed by atoms with van der Waals surface area (Å²) >= 11 is 0. The summed E-state index contributed by atoms with van der Waals surface area (Å²) in [5.74, 6) is -2.31. The van der Waals surface area contributed by atoms with E-state index in [0.717, 1.165) is 38.1 Å². The molecule has 5 nitrogen and oxygen atoms in total. The van der Waals surface area contributed by atoms with Gasteiger partial charge in [0.15, 0.2) is 9.84 Å². The van der Waals surface area contributed by atoms with Gasteiger partial charge in [0.2, 0.25) is 5.91 Å². The van der Waals surface area contributed by atoms with Crippen molar-refractivity contribution < 1.29 is 30.8 Å². The fourth-order valence-corrected chi connectivity index (χ4v) is 3.48. The molecule has 2 aromatic rings. The number of aryl methyl sites for hydroxylation is 1. The van der Waals surface area contributed by atoms with Crippen molar-refractivity contribution in [1.29, 1.82) is 0 Å². The normalized spacial score (nSPS) is 12.7. The van der Waals surface area contributed by atoms with E-state index in [1.54, 1.807) is 0 Å². The van der Waals surface area contributed by atoms with Crippen LogP contribution in [0.25, 0.3) is 0 Å². The first-order valence-electron chi connectivity index (χ1n) is 7.63. The van der Waals surface area contributed by atoms with Gasteiger partial charge >= 0.3 is 6.18 Å². The molecule has 1 N–H and O–H groups in total. The van der Waals surface area contributed by atoms with Crippen LogP contribution in [-0.4, -0.2) is 24.1 Å². The Labute approximate surface area is 153 Å². The Hall–Kier alpha value is -2.49. The van der Waals surface area contributed by atoms with Gasteiger partial charge in [0.25, 0.3) is 0 Å². The maximum atomic E-state index is 13.7. The molecule has 1 heterocycles. The van der Waals surface area contributed by atoms with Crippen molar-refractivity contribution in [2.75, 3.05) is 5.32 Å². The van der Waals surface area contributed by atoms with Crippen LogP contribution in [0.5, 0.6) is 0 Å². The lowest BCUT2D eigenvalue weighted by Crippen LogP contribution is -2.44. The fraction of sp³-hybridized carbons (Fsp3) is 0.294. The summed E-state index contributed by atoms with van der Waals surface area (Å²) in [4.78, 5) is 15.3. The van der Waals surface area contributed by atoms with E-state index >= 15 is 0 Å². The van der Waals surface area contributed by atoms with E-state index in [-0.39, 0.29) is 5.56 Å². The second-order valence-electron chi connectivity index (χ2n) is 6.28. The molecule has 1 amide bonds. The predicted octanol–water partition coefficient (Wildman–Crippen LogP) is 3.74. The number of anilines is 1. The third-order valence-corrected chi connectivity index (χ3v) is 6.36. The number of aromatic nitrogens is 1. The number of rotatable bonds is 4. The maximum absolute atomic E-state index is 13.7. The second-order valence-corrected chi connectivity index (χ2v) is 8.78.